The molecule has 11 heteroatoms. The molecule has 7 nitrogen and oxygen atoms in total. The molecule has 0 saturated carbocycles. The van der Waals surface area contributed by atoms with Gasteiger partial charge in [0.1, 0.15) is 5.69 Å². The van der Waals surface area contributed by atoms with Crippen LogP contribution in [0.15, 0.2) is 42.5 Å². The van der Waals surface area contributed by atoms with Crippen molar-refractivity contribution in [2.45, 2.75) is 12.6 Å². The highest BCUT2D eigenvalue weighted by Gasteiger charge is 2.33. The third-order valence-electron chi connectivity index (χ3n) is 4.06. The van der Waals surface area contributed by atoms with Crippen molar-refractivity contribution in [3.63, 3.8) is 0 Å². The lowest BCUT2D eigenvalue weighted by molar-refractivity contribution is -0.384. The number of nitrogens with one attached hydrogen (secondary N) is 1. The minimum absolute atomic E-state index is 0.0742. The minimum atomic E-state index is -4.69. The van der Waals surface area contributed by atoms with Gasteiger partial charge in [0.2, 0.25) is 10.0 Å². The molecule has 3 rings (SSSR count). The number of hydrogen-bond donors (Lipinski definition) is 1. The first-order valence-electron chi connectivity index (χ1n) is 7.81. The summed E-state index contributed by atoms with van der Waals surface area (Å²) in [5.41, 5.74) is -1.10. The van der Waals surface area contributed by atoms with E-state index in [0.29, 0.717) is 30.4 Å². The molecule has 144 valence electrons. The molecule has 0 aromatic heterocycles. The second-order valence-electron chi connectivity index (χ2n) is 5.90. The Bertz CT molecular complexity index is 975. The molecule has 1 aliphatic rings. The number of anilines is 3. The fourth-order valence-electron chi connectivity index (χ4n) is 2.76. The molecule has 0 amide bonds. The number of benzene rings is 2. The van der Waals surface area contributed by atoms with E-state index in [-0.39, 0.29) is 11.4 Å². The Morgan fingerprint density at radius 3 is 2.30 bits per heavy atom. The highest BCUT2D eigenvalue weighted by atomic mass is 32.2. The topological polar surface area (TPSA) is 92.6 Å². The van der Waals surface area contributed by atoms with E-state index in [1.54, 1.807) is 0 Å². The Kier molecular flexibility index (Phi) is 4.72. The number of sulfonamides is 1. The van der Waals surface area contributed by atoms with Crippen molar-refractivity contribution in [2.24, 2.45) is 0 Å². The number of hydrogen-bond acceptors (Lipinski definition) is 5. The van der Waals surface area contributed by atoms with Crippen LogP contribution in [-0.4, -0.2) is 25.6 Å². The Hall–Kier alpha value is -2.82. The molecule has 1 N–H and O–H groups in total. The number of nitro groups is 1. The molecule has 0 aliphatic carbocycles. The maximum Gasteiger partial charge on any atom is 0.416 e. The lowest BCUT2D eigenvalue weighted by Gasteiger charge is -2.17. The molecule has 0 unspecified atom stereocenters. The zero-order valence-corrected chi connectivity index (χ0v) is 14.5. The van der Waals surface area contributed by atoms with Gasteiger partial charge in [0.25, 0.3) is 5.69 Å². The summed E-state index contributed by atoms with van der Waals surface area (Å²) in [4.78, 5) is 10.2. The summed E-state index contributed by atoms with van der Waals surface area (Å²) < 4.78 is 63.3. The maximum absolute atomic E-state index is 12.7. The van der Waals surface area contributed by atoms with Crippen molar-refractivity contribution < 1.29 is 26.5 Å². The number of nitrogens with zero attached hydrogens (tertiary/aromatic N) is 2. The largest absolute Gasteiger partial charge is 0.416 e. The van der Waals surface area contributed by atoms with E-state index in [4.69, 9.17) is 0 Å². The van der Waals surface area contributed by atoms with E-state index >= 15 is 0 Å². The molecular formula is C16H14F3N3O4S. The van der Waals surface area contributed by atoms with Crippen molar-refractivity contribution in [2.75, 3.05) is 21.9 Å². The van der Waals surface area contributed by atoms with Crippen LogP contribution in [0.4, 0.5) is 35.9 Å². The number of nitro benzene ring substituents is 1. The van der Waals surface area contributed by atoms with Crippen LogP contribution in [-0.2, 0) is 16.2 Å². The normalized spacial score (nSPS) is 16.3. The van der Waals surface area contributed by atoms with Crippen LogP contribution in [0.3, 0.4) is 0 Å². The smallest absolute Gasteiger partial charge is 0.350 e. The van der Waals surface area contributed by atoms with E-state index in [2.05, 4.69) is 5.32 Å². The van der Waals surface area contributed by atoms with Crippen LogP contribution in [0.1, 0.15) is 12.0 Å². The lowest BCUT2D eigenvalue weighted by Crippen LogP contribution is -2.24. The molecule has 1 saturated heterocycles. The Morgan fingerprint density at radius 1 is 1.11 bits per heavy atom. The van der Waals surface area contributed by atoms with Crippen molar-refractivity contribution in [1.29, 1.82) is 0 Å². The second-order valence-corrected chi connectivity index (χ2v) is 7.91. The monoisotopic (exact) mass is 401 g/mol. The van der Waals surface area contributed by atoms with E-state index in [0.717, 1.165) is 12.1 Å². The first-order valence-corrected chi connectivity index (χ1v) is 9.42. The minimum Gasteiger partial charge on any atom is -0.350 e. The SMILES string of the molecule is O=[N+]([O-])c1cc(C(F)(F)F)ccc1Nc1ccc(N2CCCS2(=O)=O)cc1. The summed E-state index contributed by atoms with van der Waals surface area (Å²) in [6, 6.07) is 8.27. The molecule has 0 radical (unpaired) electrons. The zero-order chi connectivity index (χ0) is 19.8. The second kappa shape index (κ2) is 6.72. The summed E-state index contributed by atoms with van der Waals surface area (Å²) in [7, 11) is -3.33. The zero-order valence-electron chi connectivity index (χ0n) is 13.7. The van der Waals surface area contributed by atoms with Gasteiger partial charge in [0.05, 0.1) is 21.9 Å². The summed E-state index contributed by atoms with van der Waals surface area (Å²) in [5.74, 6) is 0.0742. The standard InChI is InChI=1S/C16H14F3N3O4S/c17-16(18,19)11-2-7-14(15(10-11)22(23)24)20-12-3-5-13(6-4-12)21-8-1-9-27(21,25)26/h2-7,10,20H,1,8-9H2. The molecule has 0 spiro atoms. The number of halogens is 3. The van der Waals surface area contributed by atoms with Crippen molar-refractivity contribution in [3.8, 4) is 0 Å². The van der Waals surface area contributed by atoms with E-state index in [9.17, 15) is 31.7 Å². The van der Waals surface area contributed by atoms with Gasteiger partial charge in [0, 0.05) is 18.3 Å². The highest BCUT2D eigenvalue weighted by molar-refractivity contribution is 7.93. The van der Waals surface area contributed by atoms with Crippen molar-refractivity contribution in [3.05, 3.63) is 58.1 Å². The number of rotatable bonds is 4. The van der Waals surface area contributed by atoms with Crippen LogP contribution in [0.5, 0.6) is 0 Å². The Balaban J connectivity index is 1.86. The quantitative estimate of drug-likeness (QED) is 0.620. The molecule has 2 aromatic carbocycles. The van der Waals surface area contributed by atoms with Gasteiger partial charge in [-0.25, -0.2) is 8.42 Å². The highest BCUT2D eigenvalue weighted by Crippen LogP contribution is 2.36. The van der Waals surface area contributed by atoms with Gasteiger partial charge in [-0.15, -0.1) is 0 Å². The third-order valence-corrected chi connectivity index (χ3v) is 5.92. The predicted molar refractivity (Wildman–Crippen MR) is 93.6 cm³/mol. The molecule has 27 heavy (non-hydrogen) atoms. The van der Waals surface area contributed by atoms with Gasteiger partial charge in [-0.2, -0.15) is 13.2 Å². The van der Waals surface area contributed by atoms with Gasteiger partial charge in [0.15, 0.2) is 0 Å². The first-order chi connectivity index (χ1) is 12.6. The third kappa shape index (κ3) is 3.97. The van der Waals surface area contributed by atoms with Crippen LogP contribution >= 0.6 is 0 Å². The predicted octanol–water partition coefficient (Wildman–Crippen LogP) is 3.90. The summed E-state index contributed by atoms with van der Waals surface area (Å²) in [6.45, 7) is 0.374. The van der Waals surface area contributed by atoms with Crippen molar-refractivity contribution >= 4 is 32.8 Å². The fraction of sp³-hybridized carbons (Fsp3) is 0.250. The van der Waals surface area contributed by atoms with Gasteiger partial charge < -0.3 is 5.32 Å². The molecule has 0 atom stereocenters. The molecule has 2 aromatic rings. The van der Waals surface area contributed by atoms with E-state index < -0.39 is 32.4 Å². The fourth-order valence-corrected chi connectivity index (χ4v) is 4.33. The first kappa shape index (κ1) is 19.0. The van der Waals surface area contributed by atoms with Crippen LogP contribution in [0.25, 0.3) is 0 Å². The van der Waals surface area contributed by atoms with Crippen molar-refractivity contribution in [1.82, 2.24) is 0 Å². The number of alkyl halides is 3. The maximum atomic E-state index is 12.7. The Labute approximate surface area is 152 Å². The summed E-state index contributed by atoms with van der Waals surface area (Å²) >= 11 is 0. The molecule has 1 fully saturated rings. The van der Waals surface area contributed by atoms with Crippen LogP contribution in [0.2, 0.25) is 0 Å². The molecule has 1 aliphatic heterocycles. The van der Waals surface area contributed by atoms with Gasteiger partial charge in [-0.1, -0.05) is 0 Å². The van der Waals surface area contributed by atoms with E-state index in [1.165, 1.54) is 28.6 Å². The van der Waals surface area contributed by atoms with Gasteiger partial charge >= 0.3 is 6.18 Å². The van der Waals surface area contributed by atoms with Gasteiger partial charge in [-0.3, -0.25) is 14.4 Å². The Morgan fingerprint density at radius 2 is 1.78 bits per heavy atom. The van der Waals surface area contributed by atoms with E-state index in [1.807, 2.05) is 0 Å². The summed E-state index contributed by atoms with van der Waals surface area (Å²) in [6.07, 6.45) is -4.16. The average molecular weight is 401 g/mol. The van der Waals surface area contributed by atoms with Crippen LogP contribution in [0, 0.1) is 10.1 Å². The molecular weight excluding hydrogens is 387 g/mol. The lowest BCUT2D eigenvalue weighted by atomic mass is 10.1. The molecule has 0 bridgehead atoms. The van der Waals surface area contributed by atoms with Crippen LogP contribution < -0.4 is 9.62 Å². The average Bonchev–Trinajstić information content (AvgIpc) is 2.94. The summed E-state index contributed by atoms with van der Waals surface area (Å²) in [5, 5.41) is 13.8. The molecule has 1 heterocycles. The van der Waals surface area contributed by atoms with Gasteiger partial charge in [-0.05, 0) is 42.8 Å².